The number of pyridine rings is 1. The van der Waals surface area contributed by atoms with E-state index in [1.165, 1.54) is 10.9 Å². The smallest absolute Gasteiger partial charge is 0.0704 e. The number of hydrogen-bond acceptors (Lipinski definition) is 1. The van der Waals surface area contributed by atoms with Gasteiger partial charge in [-0.15, -0.1) is 11.6 Å². The first-order valence-corrected chi connectivity index (χ1v) is 6.09. The Balaban J connectivity index is 2.37. The summed E-state index contributed by atoms with van der Waals surface area (Å²) in [5, 5.41) is 1.45. The molecule has 1 heterocycles. The van der Waals surface area contributed by atoms with Gasteiger partial charge in [-0.1, -0.05) is 25.1 Å². The molecule has 2 heteroatoms. The number of nitrogens with zero attached hydrogens (tertiary/aromatic N) is 1. The molecule has 0 radical (unpaired) electrons. The number of aromatic nitrogens is 1. The maximum Gasteiger partial charge on any atom is 0.0704 e. The second kappa shape index (κ2) is 4.84. The lowest BCUT2D eigenvalue weighted by Crippen LogP contribution is -2.10. The summed E-state index contributed by atoms with van der Waals surface area (Å²) in [6.07, 6.45) is 2.89. The number of alkyl halides is 1. The van der Waals surface area contributed by atoms with E-state index < -0.39 is 0 Å². The van der Waals surface area contributed by atoms with Crippen molar-refractivity contribution >= 4 is 22.5 Å². The van der Waals surface area contributed by atoms with Gasteiger partial charge in [-0.25, -0.2) is 0 Å². The Morgan fingerprint density at radius 2 is 1.94 bits per heavy atom. The normalized spacial score (nSPS) is 14.9. The zero-order valence-electron chi connectivity index (χ0n) is 9.65. The third-order valence-corrected chi connectivity index (χ3v) is 3.50. The van der Waals surface area contributed by atoms with Gasteiger partial charge in [-0.3, -0.25) is 4.98 Å². The van der Waals surface area contributed by atoms with E-state index in [9.17, 15) is 0 Å². The van der Waals surface area contributed by atoms with Crippen LogP contribution in [0.15, 0.2) is 36.5 Å². The van der Waals surface area contributed by atoms with Crippen LogP contribution in [0.5, 0.6) is 0 Å². The van der Waals surface area contributed by atoms with Crippen LogP contribution >= 0.6 is 11.6 Å². The van der Waals surface area contributed by atoms with E-state index in [-0.39, 0.29) is 5.38 Å². The third-order valence-electron chi connectivity index (χ3n) is 3.07. The summed E-state index contributed by atoms with van der Waals surface area (Å²) in [4.78, 5) is 4.36. The van der Waals surface area contributed by atoms with Gasteiger partial charge in [0.15, 0.2) is 0 Å². The first-order valence-electron chi connectivity index (χ1n) is 5.65. The highest BCUT2D eigenvalue weighted by atomic mass is 35.5. The lowest BCUT2D eigenvalue weighted by atomic mass is 9.96. The van der Waals surface area contributed by atoms with Gasteiger partial charge >= 0.3 is 0 Å². The second-order valence-electron chi connectivity index (χ2n) is 4.35. The SMILES string of the molecule is CC(Cl)C(C)Cc1ccnc2ccccc12. The van der Waals surface area contributed by atoms with Gasteiger partial charge in [0, 0.05) is 17.0 Å². The summed E-state index contributed by atoms with van der Waals surface area (Å²) in [5.74, 6) is 0.479. The fraction of sp³-hybridized carbons (Fsp3) is 0.357. The molecule has 2 rings (SSSR count). The average molecular weight is 234 g/mol. The highest BCUT2D eigenvalue weighted by molar-refractivity contribution is 6.20. The summed E-state index contributed by atoms with van der Waals surface area (Å²) >= 11 is 6.11. The van der Waals surface area contributed by atoms with Crippen molar-refractivity contribution in [2.45, 2.75) is 25.6 Å². The fourth-order valence-corrected chi connectivity index (χ4v) is 1.93. The molecule has 0 saturated carbocycles. The molecule has 1 nitrogen and oxygen atoms in total. The van der Waals surface area contributed by atoms with Crippen LogP contribution in [-0.4, -0.2) is 10.4 Å². The fourth-order valence-electron chi connectivity index (χ4n) is 1.84. The molecule has 0 aliphatic heterocycles. The molecule has 0 aliphatic carbocycles. The summed E-state index contributed by atoms with van der Waals surface area (Å²) in [5.41, 5.74) is 2.40. The zero-order valence-corrected chi connectivity index (χ0v) is 10.4. The van der Waals surface area contributed by atoms with Gasteiger partial charge in [0.05, 0.1) is 5.52 Å². The summed E-state index contributed by atoms with van der Waals surface area (Å²) in [7, 11) is 0. The number of para-hydroxylation sites is 1. The van der Waals surface area contributed by atoms with Gasteiger partial charge in [0.2, 0.25) is 0 Å². The highest BCUT2D eigenvalue weighted by Crippen LogP contribution is 2.22. The van der Waals surface area contributed by atoms with Crippen LogP contribution in [-0.2, 0) is 6.42 Å². The van der Waals surface area contributed by atoms with Crippen LogP contribution < -0.4 is 0 Å². The molecule has 0 fully saturated rings. The largest absolute Gasteiger partial charge is 0.256 e. The quantitative estimate of drug-likeness (QED) is 0.730. The predicted octanol–water partition coefficient (Wildman–Crippen LogP) is 4.04. The van der Waals surface area contributed by atoms with E-state index in [0.717, 1.165) is 11.9 Å². The van der Waals surface area contributed by atoms with Crippen LogP contribution in [0.3, 0.4) is 0 Å². The van der Waals surface area contributed by atoms with Crippen LogP contribution in [0.4, 0.5) is 0 Å². The standard InChI is InChI=1S/C14H16ClN/c1-10(11(2)15)9-12-7-8-16-14-6-4-3-5-13(12)14/h3-8,10-11H,9H2,1-2H3. The monoisotopic (exact) mass is 233 g/mol. The molecule has 0 N–H and O–H groups in total. The van der Waals surface area contributed by atoms with Crippen molar-refractivity contribution in [1.29, 1.82) is 0 Å². The molecule has 0 spiro atoms. The van der Waals surface area contributed by atoms with Crippen molar-refractivity contribution in [2.75, 3.05) is 0 Å². The van der Waals surface area contributed by atoms with Gasteiger partial charge in [-0.05, 0) is 37.0 Å². The summed E-state index contributed by atoms with van der Waals surface area (Å²) < 4.78 is 0. The molecule has 2 aromatic rings. The first-order chi connectivity index (χ1) is 7.68. The number of rotatable bonds is 3. The maximum absolute atomic E-state index is 6.11. The van der Waals surface area contributed by atoms with Crippen molar-refractivity contribution in [2.24, 2.45) is 5.92 Å². The summed E-state index contributed by atoms with van der Waals surface area (Å²) in [6.45, 7) is 4.24. The van der Waals surface area contributed by atoms with Crippen LogP contribution in [0, 0.1) is 5.92 Å². The number of benzene rings is 1. The molecular weight excluding hydrogens is 218 g/mol. The molecule has 2 unspecified atom stereocenters. The molecule has 0 saturated heterocycles. The number of hydrogen-bond donors (Lipinski definition) is 0. The van der Waals surface area contributed by atoms with Gasteiger partial charge in [0.25, 0.3) is 0 Å². The average Bonchev–Trinajstić information content (AvgIpc) is 2.29. The van der Waals surface area contributed by atoms with E-state index in [4.69, 9.17) is 11.6 Å². The van der Waals surface area contributed by atoms with E-state index in [1.807, 2.05) is 18.3 Å². The third kappa shape index (κ3) is 2.35. The molecule has 1 aromatic heterocycles. The minimum Gasteiger partial charge on any atom is -0.256 e. The molecule has 0 bridgehead atoms. The minimum absolute atomic E-state index is 0.201. The molecule has 0 amide bonds. The Kier molecular flexibility index (Phi) is 3.45. The Bertz CT molecular complexity index is 474. The van der Waals surface area contributed by atoms with Crippen molar-refractivity contribution < 1.29 is 0 Å². The molecule has 84 valence electrons. The van der Waals surface area contributed by atoms with Crippen LogP contribution in [0.1, 0.15) is 19.4 Å². The van der Waals surface area contributed by atoms with Crippen molar-refractivity contribution in [1.82, 2.24) is 4.98 Å². The Morgan fingerprint density at radius 1 is 1.19 bits per heavy atom. The van der Waals surface area contributed by atoms with Crippen molar-refractivity contribution in [3.05, 3.63) is 42.1 Å². The molecule has 16 heavy (non-hydrogen) atoms. The van der Waals surface area contributed by atoms with E-state index in [0.29, 0.717) is 5.92 Å². The van der Waals surface area contributed by atoms with Gasteiger partial charge in [-0.2, -0.15) is 0 Å². The lowest BCUT2D eigenvalue weighted by Gasteiger charge is -2.14. The van der Waals surface area contributed by atoms with Crippen molar-refractivity contribution in [3.8, 4) is 0 Å². The molecule has 0 aliphatic rings. The van der Waals surface area contributed by atoms with Crippen LogP contribution in [0.25, 0.3) is 10.9 Å². The minimum atomic E-state index is 0.201. The second-order valence-corrected chi connectivity index (χ2v) is 5.03. The topological polar surface area (TPSA) is 12.9 Å². The number of halogens is 1. The van der Waals surface area contributed by atoms with Crippen LogP contribution in [0.2, 0.25) is 0 Å². The predicted molar refractivity (Wildman–Crippen MR) is 69.9 cm³/mol. The maximum atomic E-state index is 6.11. The Hall–Kier alpha value is -1.08. The van der Waals surface area contributed by atoms with E-state index in [2.05, 4.69) is 37.0 Å². The Morgan fingerprint density at radius 3 is 2.69 bits per heavy atom. The lowest BCUT2D eigenvalue weighted by molar-refractivity contribution is 0.570. The molecule has 1 aromatic carbocycles. The molecule has 2 atom stereocenters. The molecular formula is C14H16ClN. The summed E-state index contributed by atoms with van der Waals surface area (Å²) in [6, 6.07) is 10.4. The van der Waals surface area contributed by atoms with E-state index >= 15 is 0 Å². The first kappa shape index (κ1) is 11.4. The Labute approximate surface area is 101 Å². The number of fused-ring (bicyclic) bond motifs is 1. The van der Waals surface area contributed by atoms with E-state index in [1.54, 1.807) is 0 Å². The highest BCUT2D eigenvalue weighted by Gasteiger charge is 2.11. The van der Waals surface area contributed by atoms with Crippen molar-refractivity contribution in [3.63, 3.8) is 0 Å². The van der Waals surface area contributed by atoms with Gasteiger partial charge in [0.1, 0.15) is 0 Å². The van der Waals surface area contributed by atoms with Gasteiger partial charge < -0.3 is 0 Å². The zero-order chi connectivity index (χ0) is 11.5.